The third-order valence-corrected chi connectivity index (χ3v) is 5.68. The molecule has 0 atom stereocenters. The van der Waals surface area contributed by atoms with Crippen molar-refractivity contribution in [3.8, 4) is 5.75 Å². The molecule has 1 amide bonds. The molecule has 3 aromatic rings. The van der Waals surface area contributed by atoms with E-state index in [-0.39, 0.29) is 16.9 Å². The van der Waals surface area contributed by atoms with Crippen LogP contribution < -0.4 is 9.41 Å². The number of rotatable bonds is 4. The fraction of sp³-hybridized carbons (Fsp3) is 0.333. The Bertz CT molecular complexity index is 1100. The summed E-state index contributed by atoms with van der Waals surface area (Å²) >= 11 is 1.26. The fourth-order valence-corrected chi connectivity index (χ4v) is 3.73. The molecular formula is C21H21F3N2O3S. The molecule has 0 saturated heterocycles. The minimum absolute atomic E-state index is 0.0320. The molecule has 5 nitrogen and oxygen atoms in total. The lowest BCUT2D eigenvalue weighted by atomic mass is 10.1. The van der Waals surface area contributed by atoms with Crippen molar-refractivity contribution in [3.63, 3.8) is 0 Å². The summed E-state index contributed by atoms with van der Waals surface area (Å²) in [5, 5.41) is 0. The van der Waals surface area contributed by atoms with Crippen LogP contribution in [-0.2, 0) is 18.1 Å². The lowest BCUT2D eigenvalue weighted by molar-refractivity contribution is -0.137. The number of nitrogens with zero attached hydrogens (tertiary/aromatic N) is 2. The van der Waals surface area contributed by atoms with Crippen molar-refractivity contribution in [1.29, 1.82) is 0 Å². The van der Waals surface area contributed by atoms with Gasteiger partial charge in [0.05, 0.1) is 24.5 Å². The zero-order chi connectivity index (χ0) is 22.1. The van der Waals surface area contributed by atoms with Crippen molar-refractivity contribution in [1.82, 2.24) is 3.96 Å². The van der Waals surface area contributed by atoms with Crippen LogP contribution in [0.15, 0.2) is 52.2 Å². The molecule has 0 radical (unpaired) electrons. The van der Waals surface area contributed by atoms with E-state index < -0.39 is 17.6 Å². The fourth-order valence-electron chi connectivity index (χ4n) is 2.72. The Labute approximate surface area is 175 Å². The number of hydrogen-bond acceptors (Lipinski definition) is 4. The highest BCUT2D eigenvalue weighted by Gasteiger charge is 2.32. The maximum atomic E-state index is 13.1. The first kappa shape index (κ1) is 21.9. The number of aromatic nitrogens is 1. The molecule has 2 heterocycles. The minimum Gasteiger partial charge on any atom is -0.496 e. The zero-order valence-electron chi connectivity index (χ0n) is 16.9. The quantitative estimate of drug-likeness (QED) is 0.559. The number of methoxy groups -OCH3 is 1. The van der Waals surface area contributed by atoms with Crippen LogP contribution in [0, 0.1) is 0 Å². The lowest BCUT2D eigenvalue weighted by Crippen LogP contribution is -2.18. The lowest BCUT2D eigenvalue weighted by Gasteiger charge is -2.19. The molecule has 0 spiro atoms. The van der Waals surface area contributed by atoms with E-state index in [9.17, 15) is 18.0 Å². The van der Waals surface area contributed by atoms with Gasteiger partial charge in [0.25, 0.3) is 5.91 Å². The van der Waals surface area contributed by atoms with Crippen LogP contribution in [0.1, 0.15) is 48.0 Å². The summed E-state index contributed by atoms with van der Waals surface area (Å²) in [5.74, 6) is -0.0828. The van der Waals surface area contributed by atoms with E-state index in [1.165, 1.54) is 18.6 Å². The molecule has 0 aliphatic rings. The third-order valence-electron chi connectivity index (χ3n) is 4.30. The standard InChI is InChI=1S/C21H21F3N2O3S/c1-20(2,3)26-12-13(10-15-6-5-9-29-15)19(30-26)25-18(27)16-11-14(21(22,23)24)7-8-17(16)28-4/h5-9,11-12H,10H2,1-4H3. The number of ether oxygens (including phenoxy) is 1. The molecule has 2 aromatic heterocycles. The van der Waals surface area contributed by atoms with Gasteiger partial charge in [0.15, 0.2) is 0 Å². The number of hydrogen-bond donors (Lipinski definition) is 0. The van der Waals surface area contributed by atoms with E-state index in [0.717, 1.165) is 23.8 Å². The number of alkyl halides is 3. The van der Waals surface area contributed by atoms with Gasteiger partial charge in [-0.25, -0.2) is 0 Å². The van der Waals surface area contributed by atoms with Crippen LogP contribution >= 0.6 is 11.5 Å². The van der Waals surface area contributed by atoms with Crippen molar-refractivity contribution in [2.45, 2.75) is 38.9 Å². The second-order valence-corrected chi connectivity index (χ2v) is 8.60. The third kappa shape index (κ3) is 4.84. The first-order valence-corrected chi connectivity index (χ1v) is 9.85. The predicted molar refractivity (Wildman–Crippen MR) is 107 cm³/mol. The molecule has 9 heteroatoms. The van der Waals surface area contributed by atoms with Crippen molar-refractivity contribution >= 4 is 17.4 Å². The second-order valence-electron chi connectivity index (χ2n) is 7.63. The van der Waals surface area contributed by atoms with Crippen LogP contribution in [0.4, 0.5) is 13.2 Å². The van der Waals surface area contributed by atoms with E-state index >= 15 is 0 Å². The van der Waals surface area contributed by atoms with E-state index in [2.05, 4.69) is 4.99 Å². The van der Waals surface area contributed by atoms with Crippen molar-refractivity contribution < 1.29 is 27.1 Å². The van der Waals surface area contributed by atoms with Gasteiger partial charge < -0.3 is 9.15 Å². The van der Waals surface area contributed by atoms with Crippen LogP contribution in [-0.4, -0.2) is 17.0 Å². The molecule has 0 aliphatic heterocycles. The number of amides is 1. The van der Waals surface area contributed by atoms with E-state index in [0.29, 0.717) is 16.9 Å². The van der Waals surface area contributed by atoms with Crippen molar-refractivity contribution in [2.75, 3.05) is 7.11 Å². The molecule has 0 aliphatic carbocycles. The molecule has 30 heavy (non-hydrogen) atoms. The molecule has 0 unspecified atom stereocenters. The Balaban J connectivity index is 2.10. The molecule has 0 fully saturated rings. The monoisotopic (exact) mass is 438 g/mol. The first-order valence-electron chi connectivity index (χ1n) is 9.08. The summed E-state index contributed by atoms with van der Waals surface area (Å²) in [4.78, 5) is 17.0. The van der Waals surface area contributed by atoms with Gasteiger partial charge in [0, 0.05) is 23.7 Å². The van der Waals surface area contributed by atoms with Crippen molar-refractivity contribution in [3.05, 3.63) is 69.9 Å². The van der Waals surface area contributed by atoms with Gasteiger partial charge in [-0.2, -0.15) is 18.2 Å². The Kier molecular flexibility index (Phi) is 5.94. The SMILES string of the molecule is COc1ccc(C(F)(F)F)cc1C(=O)N=c1sn(C(C)(C)C)cc1Cc1ccco1. The first-order chi connectivity index (χ1) is 14.0. The average Bonchev–Trinajstić information content (AvgIpc) is 3.31. The molecule has 3 rings (SSSR count). The number of carbonyl (C=O) groups is 1. The minimum atomic E-state index is -4.58. The highest BCUT2D eigenvalue weighted by molar-refractivity contribution is 7.04. The Morgan fingerprint density at radius 2 is 1.97 bits per heavy atom. The Hall–Kier alpha value is -2.81. The maximum absolute atomic E-state index is 13.1. The van der Waals surface area contributed by atoms with E-state index in [1.54, 1.807) is 18.4 Å². The summed E-state index contributed by atoms with van der Waals surface area (Å²) in [5.41, 5.74) is -0.697. The average molecular weight is 438 g/mol. The van der Waals surface area contributed by atoms with E-state index in [4.69, 9.17) is 9.15 Å². The normalized spacial score (nSPS) is 13.0. The van der Waals surface area contributed by atoms with Gasteiger partial charge in [0.2, 0.25) is 0 Å². The van der Waals surface area contributed by atoms with Crippen LogP contribution in [0.5, 0.6) is 5.75 Å². The van der Waals surface area contributed by atoms with Crippen LogP contribution in [0.2, 0.25) is 0 Å². The highest BCUT2D eigenvalue weighted by Crippen LogP contribution is 2.32. The maximum Gasteiger partial charge on any atom is 0.416 e. The molecular weight excluding hydrogens is 417 g/mol. The van der Waals surface area contributed by atoms with Gasteiger partial charge in [-0.15, -0.1) is 0 Å². The molecule has 1 aromatic carbocycles. The summed E-state index contributed by atoms with van der Waals surface area (Å²) in [6, 6.07) is 6.33. The van der Waals surface area contributed by atoms with Gasteiger partial charge in [-0.05, 0) is 62.6 Å². The Morgan fingerprint density at radius 1 is 1.23 bits per heavy atom. The van der Waals surface area contributed by atoms with Crippen LogP contribution in [0.25, 0.3) is 0 Å². The number of benzene rings is 1. The highest BCUT2D eigenvalue weighted by atomic mass is 32.1. The molecule has 160 valence electrons. The molecule has 0 N–H and O–H groups in total. The number of carbonyl (C=O) groups excluding carboxylic acids is 1. The Morgan fingerprint density at radius 3 is 2.53 bits per heavy atom. The smallest absolute Gasteiger partial charge is 0.416 e. The van der Waals surface area contributed by atoms with Gasteiger partial charge in [-0.3, -0.25) is 8.75 Å². The van der Waals surface area contributed by atoms with Gasteiger partial charge in [0.1, 0.15) is 16.2 Å². The summed E-state index contributed by atoms with van der Waals surface area (Å²) in [7, 11) is 1.29. The number of furan rings is 1. The topological polar surface area (TPSA) is 56.7 Å². The van der Waals surface area contributed by atoms with E-state index in [1.807, 2.05) is 30.9 Å². The number of halogens is 3. The van der Waals surface area contributed by atoms with Gasteiger partial charge in [-0.1, -0.05) is 0 Å². The molecule has 0 saturated carbocycles. The summed E-state index contributed by atoms with van der Waals surface area (Å²) in [6.45, 7) is 6.00. The summed E-state index contributed by atoms with van der Waals surface area (Å²) in [6.07, 6.45) is -0.750. The molecule has 0 bridgehead atoms. The zero-order valence-corrected chi connectivity index (χ0v) is 17.7. The summed E-state index contributed by atoms with van der Waals surface area (Å²) < 4.78 is 52.2. The van der Waals surface area contributed by atoms with Crippen LogP contribution in [0.3, 0.4) is 0 Å². The largest absolute Gasteiger partial charge is 0.496 e. The van der Waals surface area contributed by atoms with Gasteiger partial charge >= 0.3 is 6.18 Å². The van der Waals surface area contributed by atoms with Crippen molar-refractivity contribution in [2.24, 2.45) is 4.99 Å². The second kappa shape index (κ2) is 8.14. The predicted octanol–water partition coefficient (Wildman–Crippen LogP) is 5.26.